The quantitative estimate of drug-likeness (QED) is 0.853. The lowest BCUT2D eigenvalue weighted by molar-refractivity contribution is -0.122. The van der Waals surface area contributed by atoms with E-state index < -0.39 is 0 Å². The number of methoxy groups -OCH3 is 1. The van der Waals surface area contributed by atoms with Gasteiger partial charge in [-0.1, -0.05) is 23.8 Å². The second-order valence-electron chi connectivity index (χ2n) is 5.54. The van der Waals surface area contributed by atoms with E-state index in [9.17, 15) is 4.79 Å². The average molecular weight is 276 g/mol. The summed E-state index contributed by atoms with van der Waals surface area (Å²) >= 11 is 0. The molecule has 1 aromatic carbocycles. The minimum Gasteiger partial charge on any atom is -0.378 e. The molecule has 0 spiro atoms. The van der Waals surface area contributed by atoms with E-state index >= 15 is 0 Å². The summed E-state index contributed by atoms with van der Waals surface area (Å²) < 4.78 is 5.34. The molecule has 1 fully saturated rings. The summed E-state index contributed by atoms with van der Waals surface area (Å²) in [5.74, 6) is 0.0979. The molecular formula is C16H24N2O2. The summed E-state index contributed by atoms with van der Waals surface area (Å²) in [6.07, 6.45) is 1.40. The van der Waals surface area contributed by atoms with Gasteiger partial charge in [0.15, 0.2) is 0 Å². The van der Waals surface area contributed by atoms with Crippen LogP contribution in [0.15, 0.2) is 18.2 Å². The van der Waals surface area contributed by atoms with Crippen molar-refractivity contribution in [3.63, 3.8) is 0 Å². The van der Waals surface area contributed by atoms with Crippen LogP contribution in [0.3, 0.4) is 0 Å². The van der Waals surface area contributed by atoms with Crippen LogP contribution in [0.1, 0.15) is 23.1 Å². The molecule has 0 aromatic heterocycles. The van der Waals surface area contributed by atoms with Gasteiger partial charge in [0.25, 0.3) is 0 Å². The van der Waals surface area contributed by atoms with Crippen LogP contribution in [0.5, 0.6) is 0 Å². The number of benzene rings is 1. The summed E-state index contributed by atoms with van der Waals surface area (Å²) in [6, 6.07) is 6.47. The van der Waals surface area contributed by atoms with Crippen LogP contribution in [0, 0.1) is 13.8 Å². The third-order valence-electron chi connectivity index (χ3n) is 3.93. The topological polar surface area (TPSA) is 50.4 Å². The number of hydrogen-bond acceptors (Lipinski definition) is 3. The Bertz CT molecular complexity index is 474. The molecule has 1 heterocycles. The first-order valence-electron chi connectivity index (χ1n) is 7.19. The monoisotopic (exact) mass is 276 g/mol. The van der Waals surface area contributed by atoms with Crippen molar-refractivity contribution in [2.45, 2.75) is 38.8 Å². The van der Waals surface area contributed by atoms with Gasteiger partial charge in [0.2, 0.25) is 5.91 Å². The maximum absolute atomic E-state index is 12.0. The molecular weight excluding hydrogens is 252 g/mol. The van der Waals surface area contributed by atoms with Crippen molar-refractivity contribution >= 4 is 5.91 Å². The predicted octanol–water partition coefficient (Wildman–Crippen LogP) is 1.34. The number of amides is 1. The lowest BCUT2D eigenvalue weighted by atomic mass is 10.0. The van der Waals surface area contributed by atoms with Gasteiger partial charge in [-0.2, -0.15) is 0 Å². The van der Waals surface area contributed by atoms with Gasteiger partial charge in [-0.15, -0.1) is 0 Å². The van der Waals surface area contributed by atoms with Gasteiger partial charge in [-0.3, -0.25) is 4.79 Å². The molecule has 0 radical (unpaired) electrons. The SMILES string of the molecule is CO[C@H]1CNC[C@@H]1NC(=O)CCc1ccc(C)cc1C. The van der Waals surface area contributed by atoms with Crippen LogP contribution in [0.25, 0.3) is 0 Å². The van der Waals surface area contributed by atoms with E-state index in [1.165, 1.54) is 16.7 Å². The Kier molecular flexibility index (Phi) is 5.15. The third-order valence-corrected chi connectivity index (χ3v) is 3.93. The second-order valence-corrected chi connectivity index (χ2v) is 5.54. The third kappa shape index (κ3) is 3.81. The van der Waals surface area contributed by atoms with Crippen molar-refractivity contribution in [1.82, 2.24) is 10.6 Å². The summed E-state index contributed by atoms with van der Waals surface area (Å²) in [5, 5.41) is 6.28. The number of rotatable bonds is 5. The summed E-state index contributed by atoms with van der Waals surface area (Å²) in [6.45, 7) is 5.77. The molecule has 0 saturated carbocycles. The van der Waals surface area contributed by atoms with Gasteiger partial charge in [0.1, 0.15) is 0 Å². The van der Waals surface area contributed by atoms with Crippen LogP contribution >= 0.6 is 0 Å². The first-order chi connectivity index (χ1) is 9.60. The number of aryl methyl sites for hydroxylation is 3. The summed E-state index contributed by atoms with van der Waals surface area (Å²) in [4.78, 5) is 12.0. The first kappa shape index (κ1) is 15.0. The van der Waals surface area contributed by atoms with E-state index in [1.54, 1.807) is 7.11 Å². The molecule has 1 amide bonds. The van der Waals surface area contributed by atoms with Crippen LogP contribution in [0.4, 0.5) is 0 Å². The van der Waals surface area contributed by atoms with Crippen molar-refractivity contribution < 1.29 is 9.53 Å². The van der Waals surface area contributed by atoms with Gasteiger partial charge in [0.05, 0.1) is 12.1 Å². The fourth-order valence-corrected chi connectivity index (χ4v) is 2.70. The first-order valence-corrected chi connectivity index (χ1v) is 7.19. The molecule has 2 N–H and O–H groups in total. The highest BCUT2D eigenvalue weighted by Gasteiger charge is 2.27. The minimum absolute atomic E-state index is 0.0834. The van der Waals surface area contributed by atoms with Crippen molar-refractivity contribution in [2.75, 3.05) is 20.2 Å². The molecule has 1 aliphatic heterocycles. The normalized spacial score (nSPS) is 21.9. The standard InChI is InChI=1S/C16H24N2O2/c1-11-4-5-13(12(2)8-11)6-7-16(19)18-14-9-17-10-15(14)20-3/h4-5,8,14-15,17H,6-7,9-10H2,1-3H3,(H,18,19)/t14-,15-/m0/s1. The molecule has 1 aromatic rings. The fourth-order valence-electron chi connectivity index (χ4n) is 2.70. The Labute approximate surface area is 120 Å². The van der Waals surface area contributed by atoms with Gasteiger partial charge in [0, 0.05) is 26.6 Å². The zero-order chi connectivity index (χ0) is 14.5. The fraction of sp³-hybridized carbons (Fsp3) is 0.562. The Hall–Kier alpha value is -1.39. The smallest absolute Gasteiger partial charge is 0.220 e. The lowest BCUT2D eigenvalue weighted by Crippen LogP contribution is -2.43. The number of nitrogens with one attached hydrogen (secondary N) is 2. The molecule has 20 heavy (non-hydrogen) atoms. The number of carbonyl (C=O) groups is 1. The molecule has 1 aliphatic rings. The van der Waals surface area contributed by atoms with Crippen molar-refractivity contribution in [3.05, 3.63) is 34.9 Å². The molecule has 4 nitrogen and oxygen atoms in total. The molecule has 2 rings (SSSR count). The molecule has 2 atom stereocenters. The van der Waals surface area contributed by atoms with Gasteiger partial charge in [-0.25, -0.2) is 0 Å². The second kappa shape index (κ2) is 6.86. The van der Waals surface area contributed by atoms with Crippen LogP contribution in [-0.4, -0.2) is 38.3 Å². The summed E-state index contributed by atoms with van der Waals surface area (Å²) in [7, 11) is 1.69. The predicted molar refractivity (Wildman–Crippen MR) is 79.8 cm³/mol. The highest BCUT2D eigenvalue weighted by atomic mass is 16.5. The van der Waals surface area contributed by atoms with E-state index in [0.29, 0.717) is 6.42 Å². The molecule has 0 bridgehead atoms. The van der Waals surface area contributed by atoms with Crippen molar-refractivity contribution in [1.29, 1.82) is 0 Å². The van der Waals surface area contributed by atoms with Gasteiger partial charge >= 0.3 is 0 Å². The molecule has 0 unspecified atom stereocenters. The van der Waals surface area contributed by atoms with Gasteiger partial charge in [-0.05, 0) is 31.4 Å². The van der Waals surface area contributed by atoms with Crippen LogP contribution < -0.4 is 10.6 Å². The van der Waals surface area contributed by atoms with E-state index in [0.717, 1.165) is 19.5 Å². The Morgan fingerprint density at radius 2 is 2.20 bits per heavy atom. The van der Waals surface area contributed by atoms with Crippen LogP contribution in [-0.2, 0) is 16.0 Å². The minimum atomic E-state index is 0.0834. The number of hydrogen-bond donors (Lipinski definition) is 2. The molecule has 1 saturated heterocycles. The molecule has 4 heteroatoms. The lowest BCUT2D eigenvalue weighted by Gasteiger charge is -2.18. The largest absolute Gasteiger partial charge is 0.378 e. The van der Waals surface area contributed by atoms with E-state index in [4.69, 9.17) is 4.74 Å². The highest BCUT2D eigenvalue weighted by Crippen LogP contribution is 2.13. The number of ether oxygens (including phenoxy) is 1. The Morgan fingerprint density at radius 3 is 2.90 bits per heavy atom. The Balaban J connectivity index is 1.83. The van der Waals surface area contributed by atoms with Crippen molar-refractivity contribution in [2.24, 2.45) is 0 Å². The number of carbonyl (C=O) groups excluding carboxylic acids is 1. The van der Waals surface area contributed by atoms with Gasteiger partial charge < -0.3 is 15.4 Å². The Morgan fingerprint density at radius 1 is 1.40 bits per heavy atom. The van der Waals surface area contributed by atoms with E-state index in [2.05, 4.69) is 42.7 Å². The van der Waals surface area contributed by atoms with E-state index in [1.807, 2.05) is 0 Å². The highest BCUT2D eigenvalue weighted by molar-refractivity contribution is 5.76. The van der Waals surface area contributed by atoms with E-state index in [-0.39, 0.29) is 18.1 Å². The van der Waals surface area contributed by atoms with Crippen molar-refractivity contribution in [3.8, 4) is 0 Å². The zero-order valence-corrected chi connectivity index (χ0v) is 12.5. The van der Waals surface area contributed by atoms with Crippen LogP contribution in [0.2, 0.25) is 0 Å². The molecule has 0 aliphatic carbocycles. The maximum Gasteiger partial charge on any atom is 0.220 e. The molecule has 110 valence electrons. The maximum atomic E-state index is 12.0. The zero-order valence-electron chi connectivity index (χ0n) is 12.5. The average Bonchev–Trinajstić information content (AvgIpc) is 2.85. The summed E-state index contributed by atoms with van der Waals surface area (Å²) in [5.41, 5.74) is 3.77.